The molecule has 0 aromatic carbocycles. The molecule has 2 atom stereocenters. The van der Waals surface area contributed by atoms with Gasteiger partial charge in [-0.15, -0.1) is 11.6 Å². The maximum atomic E-state index is 11.8. The Labute approximate surface area is 92.2 Å². The van der Waals surface area contributed by atoms with Crippen LogP contribution in [0.25, 0.3) is 0 Å². The van der Waals surface area contributed by atoms with Gasteiger partial charge in [-0.05, 0) is 19.3 Å². The van der Waals surface area contributed by atoms with E-state index in [1.165, 1.54) is 0 Å². The molecule has 0 aromatic rings. The predicted octanol–water partition coefficient (Wildman–Crippen LogP) is 3.67. The lowest BCUT2D eigenvalue weighted by atomic mass is 10.0. The van der Waals surface area contributed by atoms with Crippen molar-refractivity contribution in [3.8, 4) is 0 Å². The molecule has 0 radical (unpaired) electrons. The summed E-state index contributed by atoms with van der Waals surface area (Å²) in [5, 5.41) is -0.110. The summed E-state index contributed by atoms with van der Waals surface area (Å²) in [6.45, 7) is 0.109. The Morgan fingerprint density at radius 3 is 2.73 bits per heavy atom. The van der Waals surface area contributed by atoms with E-state index in [4.69, 9.17) is 16.3 Å². The SMILES string of the molecule is FC(F)(F)CCCOC1C=CCCC1Cl. The van der Waals surface area contributed by atoms with Crippen LogP contribution in [0.2, 0.25) is 0 Å². The maximum Gasteiger partial charge on any atom is 0.389 e. The average molecular weight is 243 g/mol. The van der Waals surface area contributed by atoms with Gasteiger partial charge >= 0.3 is 6.18 Å². The van der Waals surface area contributed by atoms with Crippen LogP contribution in [0.5, 0.6) is 0 Å². The molecule has 0 N–H and O–H groups in total. The number of halogens is 4. The van der Waals surface area contributed by atoms with Crippen LogP contribution in [0.3, 0.4) is 0 Å². The highest BCUT2D eigenvalue weighted by atomic mass is 35.5. The van der Waals surface area contributed by atoms with Crippen LogP contribution in [0.4, 0.5) is 13.2 Å². The molecule has 5 heteroatoms. The van der Waals surface area contributed by atoms with E-state index in [0.29, 0.717) is 0 Å². The van der Waals surface area contributed by atoms with Crippen molar-refractivity contribution < 1.29 is 17.9 Å². The van der Waals surface area contributed by atoms with E-state index in [1.807, 2.05) is 12.2 Å². The van der Waals surface area contributed by atoms with E-state index in [0.717, 1.165) is 12.8 Å². The first-order valence-electron chi connectivity index (χ1n) is 4.98. The minimum Gasteiger partial charge on any atom is -0.373 e. The molecule has 0 amide bonds. The number of ether oxygens (including phenoxy) is 1. The van der Waals surface area contributed by atoms with Gasteiger partial charge in [-0.2, -0.15) is 13.2 Å². The van der Waals surface area contributed by atoms with E-state index < -0.39 is 12.6 Å². The second-order valence-corrected chi connectivity index (χ2v) is 4.14. The molecule has 15 heavy (non-hydrogen) atoms. The lowest BCUT2D eigenvalue weighted by Crippen LogP contribution is -2.25. The van der Waals surface area contributed by atoms with Crippen LogP contribution in [-0.2, 0) is 4.74 Å². The third kappa shape index (κ3) is 5.42. The standard InChI is InChI=1S/C10H14ClF3O/c11-8-4-1-2-5-9(8)15-7-3-6-10(12,13)14/h2,5,8-9H,1,3-4,6-7H2. The van der Waals surface area contributed by atoms with Crippen molar-refractivity contribution in [2.75, 3.05) is 6.61 Å². The minimum atomic E-state index is -4.09. The van der Waals surface area contributed by atoms with Gasteiger partial charge in [0.25, 0.3) is 0 Å². The molecule has 1 aliphatic carbocycles. The van der Waals surface area contributed by atoms with Gasteiger partial charge in [-0.25, -0.2) is 0 Å². The topological polar surface area (TPSA) is 9.23 Å². The van der Waals surface area contributed by atoms with Crippen molar-refractivity contribution in [3.05, 3.63) is 12.2 Å². The molecule has 0 saturated carbocycles. The minimum absolute atomic E-state index is 0.00253. The summed E-state index contributed by atoms with van der Waals surface area (Å²) in [5.74, 6) is 0. The van der Waals surface area contributed by atoms with Gasteiger partial charge in [0.05, 0.1) is 11.5 Å². The van der Waals surface area contributed by atoms with Gasteiger partial charge < -0.3 is 4.74 Å². The first-order valence-corrected chi connectivity index (χ1v) is 5.42. The summed E-state index contributed by atoms with van der Waals surface area (Å²) in [4.78, 5) is 0. The van der Waals surface area contributed by atoms with Crippen molar-refractivity contribution >= 4 is 11.6 Å². The fourth-order valence-corrected chi connectivity index (χ4v) is 1.71. The molecule has 1 nitrogen and oxygen atoms in total. The zero-order valence-corrected chi connectivity index (χ0v) is 9.02. The molecular formula is C10H14ClF3O. The van der Waals surface area contributed by atoms with E-state index in [1.54, 1.807) is 0 Å². The van der Waals surface area contributed by atoms with Crippen molar-refractivity contribution in [2.45, 2.75) is 43.3 Å². The Morgan fingerprint density at radius 2 is 2.13 bits per heavy atom. The van der Waals surface area contributed by atoms with E-state index in [9.17, 15) is 13.2 Å². The zero-order chi connectivity index (χ0) is 11.3. The lowest BCUT2D eigenvalue weighted by Gasteiger charge is -2.22. The molecule has 0 heterocycles. The zero-order valence-electron chi connectivity index (χ0n) is 8.27. The molecule has 1 aliphatic rings. The molecule has 0 aromatic heterocycles. The average Bonchev–Trinajstić information content (AvgIpc) is 2.13. The number of rotatable bonds is 4. The van der Waals surface area contributed by atoms with E-state index in [-0.39, 0.29) is 24.5 Å². The summed E-state index contributed by atoms with van der Waals surface area (Å²) < 4.78 is 40.7. The number of alkyl halides is 4. The van der Waals surface area contributed by atoms with Crippen LogP contribution >= 0.6 is 11.6 Å². The maximum absolute atomic E-state index is 11.8. The Kier molecular flexibility index (Phi) is 4.93. The largest absolute Gasteiger partial charge is 0.389 e. The highest BCUT2D eigenvalue weighted by molar-refractivity contribution is 6.21. The Morgan fingerprint density at radius 1 is 1.40 bits per heavy atom. The predicted molar refractivity (Wildman–Crippen MR) is 53.0 cm³/mol. The van der Waals surface area contributed by atoms with Crippen LogP contribution in [-0.4, -0.2) is 24.3 Å². The van der Waals surface area contributed by atoms with Crippen molar-refractivity contribution in [1.29, 1.82) is 0 Å². The Bertz CT molecular complexity index is 215. The third-order valence-electron chi connectivity index (χ3n) is 2.21. The van der Waals surface area contributed by atoms with Gasteiger partial charge in [0, 0.05) is 13.0 Å². The van der Waals surface area contributed by atoms with Crippen LogP contribution in [0.15, 0.2) is 12.2 Å². The number of allylic oxidation sites excluding steroid dienone is 1. The molecule has 88 valence electrons. The molecule has 0 saturated heterocycles. The third-order valence-corrected chi connectivity index (χ3v) is 2.67. The summed E-state index contributed by atoms with van der Waals surface area (Å²) in [6, 6.07) is 0. The van der Waals surface area contributed by atoms with E-state index >= 15 is 0 Å². The Hall–Kier alpha value is -0.220. The van der Waals surface area contributed by atoms with Gasteiger partial charge in [-0.3, -0.25) is 0 Å². The second-order valence-electron chi connectivity index (χ2n) is 3.58. The van der Waals surface area contributed by atoms with Crippen molar-refractivity contribution in [1.82, 2.24) is 0 Å². The van der Waals surface area contributed by atoms with Crippen molar-refractivity contribution in [3.63, 3.8) is 0 Å². The highest BCUT2D eigenvalue weighted by Gasteiger charge is 2.26. The lowest BCUT2D eigenvalue weighted by molar-refractivity contribution is -0.138. The van der Waals surface area contributed by atoms with Crippen LogP contribution in [0, 0.1) is 0 Å². The van der Waals surface area contributed by atoms with Crippen LogP contribution < -0.4 is 0 Å². The molecule has 2 unspecified atom stereocenters. The molecule has 0 fully saturated rings. The van der Waals surface area contributed by atoms with Gasteiger partial charge in [0.1, 0.15) is 0 Å². The molecule has 0 aliphatic heterocycles. The first kappa shape index (κ1) is 12.8. The molecule has 0 spiro atoms. The Balaban J connectivity index is 2.14. The second kappa shape index (κ2) is 5.75. The summed E-state index contributed by atoms with van der Waals surface area (Å²) in [6.07, 6.45) is 0.397. The van der Waals surface area contributed by atoms with Gasteiger partial charge in [0.15, 0.2) is 0 Å². The van der Waals surface area contributed by atoms with Crippen molar-refractivity contribution in [2.24, 2.45) is 0 Å². The summed E-state index contributed by atoms with van der Waals surface area (Å²) >= 11 is 5.95. The highest BCUT2D eigenvalue weighted by Crippen LogP contribution is 2.23. The van der Waals surface area contributed by atoms with Crippen LogP contribution in [0.1, 0.15) is 25.7 Å². The molecule has 1 rings (SSSR count). The monoisotopic (exact) mass is 242 g/mol. The first-order chi connectivity index (χ1) is 6.99. The fraction of sp³-hybridized carbons (Fsp3) is 0.800. The smallest absolute Gasteiger partial charge is 0.373 e. The summed E-state index contributed by atoms with van der Waals surface area (Å²) in [7, 11) is 0. The van der Waals surface area contributed by atoms with Gasteiger partial charge in [0.2, 0.25) is 0 Å². The number of hydrogen-bond donors (Lipinski definition) is 0. The summed E-state index contributed by atoms with van der Waals surface area (Å²) in [5.41, 5.74) is 0. The quantitative estimate of drug-likeness (QED) is 0.415. The molecular weight excluding hydrogens is 229 g/mol. The fourth-order valence-electron chi connectivity index (χ4n) is 1.42. The molecule has 0 bridgehead atoms. The van der Waals surface area contributed by atoms with Gasteiger partial charge in [-0.1, -0.05) is 12.2 Å². The van der Waals surface area contributed by atoms with E-state index in [2.05, 4.69) is 0 Å². The number of hydrogen-bond acceptors (Lipinski definition) is 1. The normalized spacial score (nSPS) is 26.9.